The molecule has 0 bridgehead atoms. The number of hydrogen-bond donors (Lipinski definition) is 0. The molecular weight excluding hydrogens is 368 g/mol. The van der Waals surface area contributed by atoms with Crippen LogP contribution in [0.2, 0.25) is 0 Å². The normalized spacial score (nSPS) is 20.8. The molecule has 1 unspecified atom stereocenters. The molecule has 0 aliphatic carbocycles. The zero-order valence-electron chi connectivity index (χ0n) is 17.6. The Morgan fingerprint density at radius 3 is 2.72 bits per heavy atom. The number of rotatable bonds is 3. The molecular formula is C23H28N2O4. The van der Waals surface area contributed by atoms with Crippen molar-refractivity contribution in [2.24, 2.45) is 12.5 Å². The van der Waals surface area contributed by atoms with E-state index in [-0.39, 0.29) is 23.7 Å². The molecule has 1 fully saturated rings. The molecule has 1 amide bonds. The van der Waals surface area contributed by atoms with Crippen molar-refractivity contribution in [3.63, 3.8) is 0 Å². The Balaban J connectivity index is 1.56. The number of amides is 1. The van der Waals surface area contributed by atoms with E-state index in [0.29, 0.717) is 18.7 Å². The fourth-order valence-electron chi connectivity index (χ4n) is 4.57. The van der Waals surface area contributed by atoms with E-state index in [2.05, 4.69) is 13.0 Å². The molecule has 1 aromatic heterocycles. The summed E-state index contributed by atoms with van der Waals surface area (Å²) < 4.78 is 12.5. The number of benzene rings is 1. The molecule has 2 aromatic rings. The number of hydrogen-bond acceptors (Lipinski definition) is 4. The third kappa shape index (κ3) is 3.63. The van der Waals surface area contributed by atoms with Gasteiger partial charge in [-0.05, 0) is 67.9 Å². The van der Waals surface area contributed by atoms with Gasteiger partial charge >= 0.3 is 0 Å². The minimum absolute atomic E-state index is 0.0502. The first-order valence-electron chi connectivity index (χ1n) is 10.1. The van der Waals surface area contributed by atoms with E-state index in [0.717, 1.165) is 42.0 Å². The maximum absolute atomic E-state index is 13.3. The number of likely N-dealkylation sites (tertiary alicyclic amines) is 1. The van der Waals surface area contributed by atoms with E-state index in [1.165, 1.54) is 5.56 Å². The zero-order chi connectivity index (χ0) is 20.8. The maximum atomic E-state index is 13.3. The predicted molar refractivity (Wildman–Crippen MR) is 111 cm³/mol. The van der Waals surface area contributed by atoms with Crippen molar-refractivity contribution in [2.75, 3.05) is 19.9 Å². The average molecular weight is 396 g/mol. The quantitative estimate of drug-likeness (QED) is 0.799. The minimum Gasteiger partial charge on any atom is -0.454 e. The SMILES string of the molecule is Cc1cc(C)n(C)c(=O)c1C(=O)N1CCCC(C)(Cc2ccc3c(c2)OCO3)C1. The number of piperidine rings is 1. The highest BCUT2D eigenvalue weighted by molar-refractivity contribution is 5.95. The van der Waals surface area contributed by atoms with Crippen molar-refractivity contribution in [1.29, 1.82) is 0 Å². The van der Waals surface area contributed by atoms with E-state index in [1.54, 1.807) is 11.6 Å². The molecule has 1 aromatic carbocycles. The lowest BCUT2D eigenvalue weighted by atomic mass is 9.76. The van der Waals surface area contributed by atoms with Gasteiger partial charge in [0.2, 0.25) is 6.79 Å². The number of fused-ring (bicyclic) bond motifs is 1. The smallest absolute Gasteiger partial charge is 0.263 e. The van der Waals surface area contributed by atoms with Crippen LogP contribution in [0.4, 0.5) is 0 Å². The Labute approximate surface area is 171 Å². The molecule has 6 nitrogen and oxygen atoms in total. The van der Waals surface area contributed by atoms with E-state index < -0.39 is 0 Å². The summed E-state index contributed by atoms with van der Waals surface area (Å²) in [5, 5.41) is 0. The van der Waals surface area contributed by atoms with Gasteiger partial charge in [-0.2, -0.15) is 0 Å². The molecule has 3 heterocycles. The Bertz CT molecular complexity index is 1030. The van der Waals surface area contributed by atoms with Crippen LogP contribution in [-0.2, 0) is 13.5 Å². The van der Waals surface area contributed by atoms with Gasteiger partial charge in [-0.1, -0.05) is 13.0 Å². The molecule has 1 atom stereocenters. The second kappa shape index (κ2) is 7.25. The number of nitrogens with zero attached hydrogens (tertiary/aromatic N) is 2. The highest BCUT2D eigenvalue weighted by atomic mass is 16.7. The summed E-state index contributed by atoms with van der Waals surface area (Å²) in [6.45, 7) is 7.53. The van der Waals surface area contributed by atoms with Crippen LogP contribution < -0.4 is 15.0 Å². The van der Waals surface area contributed by atoms with Crippen LogP contribution >= 0.6 is 0 Å². The Hall–Kier alpha value is -2.76. The van der Waals surface area contributed by atoms with Crippen LogP contribution in [0.3, 0.4) is 0 Å². The van der Waals surface area contributed by atoms with E-state index in [4.69, 9.17) is 9.47 Å². The molecule has 4 rings (SSSR count). The molecule has 1 saturated heterocycles. The van der Waals surface area contributed by atoms with Gasteiger partial charge in [-0.25, -0.2) is 0 Å². The number of pyridine rings is 1. The first kappa shape index (κ1) is 19.6. The van der Waals surface area contributed by atoms with E-state index in [9.17, 15) is 9.59 Å². The van der Waals surface area contributed by atoms with Crippen LogP contribution in [-0.4, -0.2) is 35.3 Å². The lowest BCUT2D eigenvalue weighted by Crippen LogP contribution is -2.47. The van der Waals surface area contributed by atoms with Crippen LogP contribution in [0.1, 0.15) is 46.9 Å². The van der Waals surface area contributed by atoms with Crippen molar-refractivity contribution in [3.8, 4) is 11.5 Å². The number of carbonyl (C=O) groups is 1. The molecule has 0 spiro atoms. The van der Waals surface area contributed by atoms with E-state index >= 15 is 0 Å². The van der Waals surface area contributed by atoms with Crippen molar-refractivity contribution in [3.05, 3.63) is 57.0 Å². The number of aromatic nitrogens is 1. The third-order valence-electron chi connectivity index (χ3n) is 6.22. The summed E-state index contributed by atoms with van der Waals surface area (Å²) in [7, 11) is 1.72. The topological polar surface area (TPSA) is 60.8 Å². The van der Waals surface area contributed by atoms with Gasteiger partial charge in [-0.15, -0.1) is 0 Å². The largest absolute Gasteiger partial charge is 0.454 e. The van der Waals surface area contributed by atoms with Gasteiger partial charge < -0.3 is 18.9 Å². The van der Waals surface area contributed by atoms with Crippen LogP contribution in [0.25, 0.3) is 0 Å². The summed E-state index contributed by atoms with van der Waals surface area (Å²) in [5.74, 6) is 1.42. The van der Waals surface area contributed by atoms with Crippen LogP contribution in [0, 0.1) is 19.3 Å². The lowest BCUT2D eigenvalue weighted by Gasteiger charge is -2.41. The maximum Gasteiger partial charge on any atom is 0.263 e. The third-order valence-corrected chi connectivity index (χ3v) is 6.22. The standard InChI is InChI=1S/C23H28N2O4/c1-15-10-16(2)24(4)21(26)20(15)22(27)25-9-5-8-23(3,13-25)12-17-6-7-18-19(11-17)29-14-28-18/h6-7,10-11H,5,8-9,12-14H2,1-4H3. The highest BCUT2D eigenvalue weighted by Crippen LogP contribution is 2.37. The molecule has 0 saturated carbocycles. The average Bonchev–Trinajstić information content (AvgIpc) is 3.13. The van der Waals surface area contributed by atoms with Gasteiger partial charge in [0.1, 0.15) is 5.56 Å². The predicted octanol–water partition coefficient (Wildman–Crippen LogP) is 3.22. The highest BCUT2D eigenvalue weighted by Gasteiger charge is 2.35. The summed E-state index contributed by atoms with van der Waals surface area (Å²) in [6, 6.07) is 7.96. The monoisotopic (exact) mass is 396 g/mol. The molecule has 0 radical (unpaired) electrons. The summed E-state index contributed by atoms with van der Waals surface area (Å²) >= 11 is 0. The van der Waals surface area contributed by atoms with Gasteiger partial charge in [0.15, 0.2) is 11.5 Å². The molecule has 154 valence electrons. The first-order chi connectivity index (χ1) is 13.8. The summed E-state index contributed by atoms with van der Waals surface area (Å²) in [6.07, 6.45) is 2.81. The van der Waals surface area contributed by atoms with Crippen molar-refractivity contribution >= 4 is 5.91 Å². The van der Waals surface area contributed by atoms with Crippen LogP contribution in [0.15, 0.2) is 29.1 Å². The minimum atomic E-state index is -0.212. The second-order valence-corrected chi connectivity index (χ2v) is 8.71. The lowest BCUT2D eigenvalue weighted by molar-refractivity contribution is 0.0547. The Morgan fingerprint density at radius 2 is 1.93 bits per heavy atom. The van der Waals surface area contributed by atoms with Crippen molar-refractivity contribution in [2.45, 2.75) is 40.0 Å². The molecule has 0 N–H and O–H groups in total. The summed E-state index contributed by atoms with van der Waals surface area (Å²) in [4.78, 5) is 27.9. The molecule has 2 aliphatic heterocycles. The van der Waals surface area contributed by atoms with E-state index in [1.807, 2.05) is 36.9 Å². The molecule has 2 aliphatic rings. The number of carbonyl (C=O) groups excluding carboxylic acids is 1. The van der Waals surface area contributed by atoms with Gasteiger partial charge in [0.25, 0.3) is 11.5 Å². The van der Waals surface area contributed by atoms with Gasteiger partial charge in [-0.3, -0.25) is 9.59 Å². The first-order valence-corrected chi connectivity index (χ1v) is 10.1. The van der Waals surface area contributed by atoms with Crippen molar-refractivity contribution < 1.29 is 14.3 Å². The molecule has 6 heteroatoms. The zero-order valence-corrected chi connectivity index (χ0v) is 17.6. The Kier molecular flexibility index (Phi) is 4.89. The molecule has 29 heavy (non-hydrogen) atoms. The van der Waals surface area contributed by atoms with Crippen molar-refractivity contribution in [1.82, 2.24) is 9.47 Å². The Morgan fingerprint density at radius 1 is 1.17 bits per heavy atom. The number of aryl methyl sites for hydroxylation is 2. The fourth-order valence-corrected chi connectivity index (χ4v) is 4.57. The van der Waals surface area contributed by atoms with Crippen LogP contribution in [0.5, 0.6) is 11.5 Å². The summed E-state index contributed by atoms with van der Waals surface area (Å²) in [5.41, 5.74) is 2.81. The van der Waals surface area contributed by atoms with Gasteiger partial charge in [0, 0.05) is 25.8 Å². The number of ether oxygens (including phenoxy) is 2. The fraction of sp³-hybridized carbons (Fsp3) is 0.478. The van der Waals surface area contributed by atoms with Gasteiger partial charge in [0.05, 0.1) is 0 Å². The second-order valence-electron chi connectivity index (χ2n) is 8.71.